The number of ether oxygens (including phenoxy) is 1. The van der Waals surface area contributed by atoms with E-state index >= 15 is 0 Å². The molecule has 1 aromatic heterocycles. The first-order valence-corrected chi connectivity index (χ1v) is 8.12. The Labute approximate surface area is 151 Å². The number of nitrogens with zero attached hydrogens (tertiary/aromatic N) is 2. The average Bonchev–Trinajstić information content (AvgIpc) is 2.82. The van der Waals surface area contributed by atoms with Crippen LogP contribution in [0.3, 0.4) is 0 Å². The zero-order chi connectivity index (χ0) is 18.9. The minimum Gasteiger partial charge on any atom is -0.495 e. The van der Waals surface area contributed by atoms with Crippen molar-refractivity contribution >= 4 is 27.5 Å². The lowest BCUT2D eigenvalue weighted by Crippen LogP contribution is -2.25. The van der Waals surface area contributed by atoms with Crippen molar-refractivity contribution in [2.75, 3.05) is 12.4 Å². The van der Waals surface area contributed by atoms with E-state index in [0.717, 1.165) is 10.2 Å². The number of carbonyl (C=O) groups excluding carboxylic acids is 1. The summed E-state index contributed by atoms with van der Waals surface area (Å²) < 4.78 is 45.0. The predicted octanol–water partition coefficient (Wildman–Crippen LogP) is 4.49. The Balaban J connectivity index is 2.31. The van der Waals surface area contributed by atoms with Crippen LogP contribution in [0, 0.1) is 13.8 Å². The normalized spacial score (nSPS) is 12.8. The molecule has 25 heavy (non-hydrogen) atoms. The standard InChI is InChI=1S/C16H17BrF3N3O2/c1-8-5-6-12(25-4)11(7-8)21-15(24)10(3)23-9(2)13(17)14(22-23)16(18,19)20/h5-7,10H,1-4H3,(H,21,24). The molecule has 5 nitrogen and oxygen atoms in total. The third kappa shape index (κ3) is 3.97. The summed E-state index contributed by atoms with van der Waals surface area (Å²) in [5.41, 5.74) is 0.504. The largest absolute Gasteiger partial charge is 0.495 e. The van der Waals surface area contributed by atoms with E-state index in [1.54, 1.807) is 12.1 Å². The lowest BCUT2D eigenvalue weighted by molar-refractivity contribution is -0.142. The van der Waals surface area contributed by atoms with Gasteiger partial charge in [-0.3, -0.25) is 9.48 Å². The first kappa shape index (κ1) is 19.3. The van der Waals surface area contributed by atoms with Crippen LogP contribution in [0.15, 0.2) is 22.7 Å². The summed E-state index contributed by atoms with van der Waals surface area (Å²) in [7, 11) is 1.47. The molecule has 2 rings (SSSR count). The summed E-state index contributed by atoms with van der Waals surface area (Å²) in [5.74, 6) is -0.0452. The zero-order valence-electron chi connectivity index (χ0n) is 14.0. The van der Waals surface area contributed by atoms with E-state index in [0.29, 0.717) is 11.4 Å². The molecule has 1 unspecified atom stereocenters. The van der Waals surface area contributed by atoms with Crippen LogP contribution in [0.4, 0.5) is 18.9 Å². The van der Waals surface area contributed by atoms with E-state index in [9.17, 15) is 18.0 Å². The molecule has 0 fully saturated rings. The van der Waals surface area contributed by atoms with Crippen LogP contribution < -0.4 is 10.1 Å². The molecule has 2 aromatic rings. The van der Waals surface area contributed by atoms with Gasteiger partial charge in [-0.2, -0.15) is 18.3 Å². The highest BCUT2D eigenvalue weighted by Crippen LogP contribution is 2.36. The van der Waals surface area contributed by atoms with Crippen LogP contribution in [-0.2, 0) is 11.0 Å². The van der Waals surface area contributed by atoms with Gasteiger partial charge in [0.1, 0.15) is 11.8 Å². The second kappa shape index (κ2) is 7.07. The molecule has 136 valence electrons. The van der Waals surface area contributed by atoms with Crippen molar-refractivity contribution in [2.24, 2.45) is 0 Å². The fraction of sp³-hybridized carbons (Fsp3) is 0.375. The summed E-state index contributed by atoms with van der Waals surface area (Å²) >= 11 is 2.90. The maximum Gasteiger partial charge on any atom is 0.436 e. The van der Waals surface area contributed by atoms with Gasteiger partial charge in [-0.05, 0) is 54.4 Å². The van der Waals surface area contributed by atoms with Crippen molar-refractivity contribution in [3.8, 4) is 5.75 Å². The van der Waals surface area contributed by atoms with Crippen LogP contribution in [0.25, 0.3) is 0 Å². The van der Waals surface area contributed by atoms with E-state index in [1.807, 2.05) is 13.0 Å². The SMILES string of the molecule is COc1ccc(C)cc1NC(=O)C(C)n1nc(C(F)(F)F)c(Br)c1C. The van der Waals surface area contributed by atoms with Gasteiger partial charge < -0.3 is 10.1 Å². The summed E-state index contributed by atoms with van der Waals surface area (Å²) in [5, 5.41) is 6.23. The number of hydrogen-bond donors (Lipinski definition) is 1. The van der Waals surface area contributed by atoms with Crippen molar-refractivity contribution in [3.63, 3.8) is 0 Å². The molecule has 0 saturated heterocycles. The summed E-state index contributed by atoms with van der Waals surface area (Å²) in [6, 6.07) is 4.30. The number of amides is 1. The van der Waals surface area contributed by atoms with E-state index in [1.165, 1.54) is 21.0 Å². The number of carbonyl (C=O) groups is 1. The van der Waals surface area contributed by atoms with Crippen LogP contribution in [0.5, 0.6) is 5.75 Å². The Kier molecular flexibility index (Phi) is 5.46. The molecular weight excluding hydrogens is 403 g/mol. The number of aryl methyl sites for hydroxylation is 1. The molecule has 0 radical (unpaired) electrons. The van der Waals surface area contributed by atoms with Crippen molar-refractivity contribution < 1.29 is 22.7 Å². The van der Waals surface area contributed by atoms with Gasteiger partial charge in [-0.15, -0.1) is 0 Å². The molecule has 1 aromatic carbocycles. The molecule has 1 atom stereocenters. The molecule has 0 aliphatic rings. The smallest absolute Gasteiger partial charge is 0.436 e. The maximum absolute atomic E-state index is 13.0. The van der Waals surface area contributed by atoms with Crippen molar-refractivity contribution in [1.29, 1.82) is 0 Å². The first-order chi connectivity index (χ1) is 11.6. The molecule has 0 saturated carbocycles. The third-order valence-electron chi connectivity index (χ3n) is 3.70. The molecule has 1 heterocycles. The fourth-order valence-electron chi connectivity index (χ4n) is 2.32. The number of aromatic nitrogens is 2. The number of nitrogens with one attached hydrogen (secondary N) is 1. The van der Waals surface area contributed by atoms with Gasteiger partial charge in [0.2, 0.25) is 5.91 Å². The van der Waals surface area contributed by atoms with Gasteiger partial charge in [0.15, 0.2) is 5.69 Å². The van der Waals surface area contributed by atoms with E-state index < -0.39 is 23.8 Å². The number of halogens is 4. The second-order valence-corrected chi connectivity index (χ2v) is 6.35. The second-order valence-electron chi connectivity index (χ2n) is 5.56. The highest BCUT2D eigenvalue weighted by molar-refractivity contribution is 9.10. The Hall–Kier alpha value is -2.03. The lowest BCUT2D eigenvalue weighted by Gasteiger charge is -2.16. The minimum atomic E-state index is -4.61. The maximum atomic E-state index is 13.0. The lowest BCUT2D eigenvalue weighted by atomic mass is 10.2. The molecule has 0 aliphatic carbocycles. The topological polar surface area (TPSA) is 56.1 Å². The van der Waals surface area contributed by atoms with Gasteiger partial charge in [0.25, 0.3) is 0 Å². The molecule has 0 bridgehead atoms. The Morgan fingerprint density at radius 1 is 1.36 bits per heavy atom. The number of rotatable bonds is 4. The van der Waals surface area contributed by atoms with E-state index in [4.69, 9.17) is 4.74 Å². The van der Waals surface area contributed by atoms with Crippen molar-refractivity contribution in [2.45, 2.75) is 33.0 Å². The molecule has 0 aliphatic heterocycles. The monoisotopic (exact) mass is 419 g/mol. The third-order valence-corrected chi connectivity index (χ3v) is 4.65. The van der Waals surface area contributed by atoms with E-state index in [2.05, 4.69) is 26.3 Å². The highest BCUT2D eigenvalue weighted by Gasteiger charge is 2.39. The zero-order valence-corrected chi connectivity index (χ0v) is 15.6. The molecule has 1 amide bonds. The molecular formula is C16H17BrF3N3O2. The minimum absolute atomic E-state index is 0.173. The van der Waals surface area contributed by atoms with Crippen LogP contribution in [0.1, 0.15) is 29.9 Å². The van der Waals surface area contributed by atoms with Crippen LogP contribution in [-0.4, -0.2) is 22.8 Å². The predicted molar refractivity (Wildman–Crippen MR) is 90.7 cm³/mol. The van der Waals surface area contributed by atoms with Gasteiger partial charge in [-0.1, -0.05) is 6.07 Å². The van der Waals surface area contributed by atoms with Gasteiger partial charge in [-0.25, -0.2) is 0 Å². The fourth-order valence-corrected chi connectivity index (χ4v) is 2.81. The van der Waals surface area contributed by atoms with Crippen LogP contribution >= 0.6 is 15.9 Å². The number of benzene rings is 1. The van der Waals surface area contributed by atoms with Gasteiger partial charge in [0.05, 0.1) is 23.0 Å². The number of methoxy groups -OCH3 is 1. The van der Waals surface area contributed by atoms with Crippen molar-refractivity contribution in [3.05, 3.63) is 39.6 Å². The number of alkyl halides is 3. The van der Waals surface area contributed by atoms with Gasteiger partial charge in [0, 0.05) is 0 Å². The molecule has 9 heteroatoms. The quantitative estimate of drug-likeness (QED) is 0.793. The highest BCUT2D eigenvalue weighted by atomic mass is 79.9. The van der Waals surface area contributed by atoms with Crippen molar-refractivity contribution in [1.82, 2.24) is 9.78 Å². The summed E-state index contributed by atoms with van der Waals surface area (Å²) in [4.78, 5) is 12.5. The summed E-state index contributed by atoms with van der Waals surface area (Å²) in [6.07, 6.45) is -4.61. The van der Waals surface area contributed by atoms with Crippen LogP contribution in [0.2, 0.25) is 0 Å². The average molecular weight is 420 g/mol. The number of hydrogen-bond acceptors (Lipinski definition) is 3. The Bertz CT molecular complexity index is 803. The Morgan fingerprint density at radius 2 is 2.00 bits per heavy atom. The Morgan fingerprint density at radius 3 is 2.52 bits per heavy atom. The summed E-state index contributed by atoms with van der Waals surface area (Å²) in [6.45, 7) is 4.79. The molecule has 0 spiro atoms. The van der Waals surface area contributed by atoms with E-state index in [-0.39, 0.29) is 10.2 Å². The molecule has 1 N–H and O–H groups in total. The van der Waals surface area contributed by atoms with Gasteiger partial charge >= 0.3 is 6.18 Å². The first-order valence-electron chi connectivity index (χ1n) is 7.33. The number of anilines is 1.